The number of nitrogens with zero attached hydrogens (tertiary/aromatic N) is 4. The Bertz CT molecular complexity index is 1420. The number of hydrogen-bond acceptors (Lipinski definition) is 4. The molecular weight excluding hydrogens is 416 g/mol. The van der Waals surface area contributed by atoms with E-state index < -0.39 is 0 Å². The van der Waals surface area contributed by atoms with Crippen LogP contribution in [0.15, 0.2) is 81.1 Å². The second kappa shape index (κ2) is 3.67. The first-order valence-corrected chi connectivity index (χ1v) is 13.8. The van der Waals surface area contributed by atoms with Crippen molar-refractivity contribution in [3.05, 3.63) is 71.8 Å². The fraction of sp³-hybridized carbons (Fsp3) is 0.600. The highest BCUT2D eigenvalue weighted by atomic mass is 15.5. The molecule has 4 aliphatic heterocycles. The van der Waals surface area contributed by atoms with Crippen molar-refractivity contribution in [1.82, 2.24) is 0 Å². The predicted molar refractivity (Wildman–Crippen MR) is 120 cm³/mol. The van der Waals surface area contributed by atoms with Crippen LogP contribution in [-0.2, 0) is 11.1 Å². The van der Waals surface area contributed by atoms with E-state index >= 15 is 0 Å². The number of rotatable bonds is 2. The van der Waals surface area contributed by atoms with Gasteiger partial charge in [0.1, 0.15) is 11.1 Å². The molecule has 4 heteroatoms. The zero-order chi connectivity index (χ0) is 21.2. The van der Waals surface area contributed by atoms with Gasteiger partial charge in [-0.3, -0.25) is 0 Å². The summed E-state index contributed by atoms with van der Waals surface area (Å²) >= 11 is 0. The van der Waals surface area contributed by atoms with Crippen molar-refractivity contribution in [2.45, 2.75) is 36.0 Å². The fourth-order valence-corrected chi connectivity index (χ4v) is 17.3. The third-order valence-corrected chi connectivity index (χ3v) is 15.5. The average molecular weight is 441 g/mol. The van der Waals surface area contributed by atoms with Crippen LogP contribution in [0.3, 0.4) is 0 Å². The van der Waals surface area contributed by atoms with Gasteiger partial charge in [-0.25, -0.2) is 0 Å². The molecule has 2 aromatic carbocycles. The second-order valence-corrected chi connectivity index (χ2v) is 14.0. The molecule has 0 saturated heterocycles. The summed E-state index contributed by atoms with van der Waals surface area (Å²) in [4.78, 5) is 0. The van der Waals surface area contributed by atoms with Crippen molar-refractivity contribution < 1.29 is 0 Å². The summed E-state index contributed by atoms with van der Waals surface area (Å²) in [5, 5.41) is 22.1. The summed E-state index contributed by atoms with van der Waals surface area (Å²) in [7, 11) is 0. The van der Waals surface area contributed by atoms with Gasteiger partial charge < -0.3 is 0 Å². The topological polar surface area (TPSA) is 49.4 Å². The van der Waals surface area contributed by atoms with Gasteiger partial charge in [0.2, 0.25) is 0 Å². The third kappa shape index (κ3) is 0.753. The molecule has 164 valence electrons. The highest BCUT2D eigenvalue weighted by molar-refractivity contribution is 5.72. The van der Waals surface area contributed by atoms with Crippen molar-refractivity contribution in [1.29, 1.82) is 0 Å². The van der Waals surface area contributed by atoms with Crippen LogP contribution in [0.25, 0.3) is 0 Å². The number of hydrogen-bond donors (Lipinski definition) is 0. The first-order chi connectivity index (χ1) is 16.8. The van der Waals surface area contributed by atoms with Crippen molar-refractivity contribution in [2.75, 3.05) is 0 Å². The molecule has 0 radical (unpaired) electrons. The molecule has 4 heterocycles. The SMILES string of the molecule is c1ccc([C@@]23N=N[C@@]4(c5ccccc5)[C@@H]5[C@@H]2[C@@H]2N=N[C@H]5C56C7CC8[C@H]9C%10CC([C@@H]79)C54C%103C826)cc1. The first kappa shape index (κ1) is 15.6. The molecule has 4 spiro atoms. The quantitative estimate of drug-likeness (QED) is 0.615. The van der Waals surface area contributed by atoms with Gasteiger partial charge in [0.25, 0.3) is 0 Å². The van der Waals surface area contributed by atoms with Crippen LogP contribution >= 0.6 is 0 Å². The average Bonchev–Trinajstić information content (AvgIpc) is 3.66. The Kier molecular flexibility index (Phi) is 1.68. The van der Waals surface area contributed by atoms with Crippen LogP contribution in [0, 0.1) is 69.0 Å². The molecule has 12 fully saturated rings. The Balaban J connectivity index is 1.33. The van der Waals surface area contributed by atoms with Crippen LogP contribution < -0.4 is 0 Å². The second-order valence-electron chi connectivity index (χ2n) is 14.0. The molecule has 16 bridgehead atoms. The van der Waals surface area contributed by atoms with E-state index in [4.69, 9.17) is 20.5 Å². The van der Waals surface area contributed by atoms with Gasteiger partial charge in [-0.2, -0.15) is 20.5 Å². The molecule has 8 unspecified atom stereocenters. The van der Waals surface area contributed by atoms with Crippen LogP contribution in [0.2, 0.25) is 0 Å². The Morgan fingerprint density at radius 1 is 0.559 bits per heavy atom. The van der Waals surface area contributed by atoms with E-state index in [1.165, 1.54) is 24.0 Å². The minimum absolute atomic E-state index is 0.158. The molecular formula is C30H24N4. The molecule has 2 aromatic rings. The third-order valence-electron chi connectivity index (χ3n) is 15.5. The summed E-state index contributed by atoms with van der Waals surface area (Å²) in [5.74, 6) is 6.36. The van der Waals surface area contributed by atoms with E-state index in [9.17, 15) is 0 Å². The van der Waals surface area contributed by atoms with E-state index in [2.05, 4.69) is 60.7 Å². The van der Waals surface area contributed by atoms with Gasteiger partial charge in [-0.15, -0.1) is 0 Å². The van der Waals surface area contributed by atoms with E-state index in [-0.39, 0.29) is 21.9 Å². The first-order valence-electron chi connectivity index (χ1n) is 13.8. The van der Waals surface area contributed by atoms with Crippen LogP contribution in [0.5, 0.6) is 0 Å². The largest absolute Gasteiger partial charge is 0.189 e. The lowest BCUT2D eigenvalue weighted by Gasteiger charge is -2.81. The van der Waals surface area contributed by atoms with Crippen molar-refractivity contribution >= 4 is 0 Å². The molecule has 16 atom stereocenters. The molecule has 0 N–H and O–H groups in total. The van der Waals surface area contributed by atoms with E-state index in [1.54, 1.807) is 0 Å². The van der Waals surface area contributed by atoms with Crippen LogP contribution in [-0.4, -0.2) is 12.1 Å². The molecule has 34 heavy (non-hydrogen) atoms. The smallest absolute Gasteiger partial charge is 0.119 e. The molecule has 12 aliphatic carbocycles. The lowest BCUT2D eigenvalue weighted by Crippen LogP contribution is -2.84. The van der Waals surface area contributed by atoms with Crippen molar-refractivity contribution in [2.24, 2.45) is 89.5 Å². The molecule has 16 aliphatic rings. The van der Waals surface area contributed by atoms with E-state index in [0.717, 1.165) is 35.5 Å². The van der Waals surface area contributed by atoms with Gasteiger partial charge in [-0.1, -0.05) is 60.7 Å². The molecule has 18 rings (SSSR count). The molecule has 0 aromatic heterocycles. The predicted octanol–water partition coefficient (Wildman–Crippen LogP) is 5.22. The van der Waals surface area contributed by atoms with Crippen LogP contribution in [0.1, 0.15) is 24.0 Å². The van der Waals surface area contributed by atoms with Gasteiger partial charge >= 0.3 is 0 Å². The highest BCUT2D eigenvalue weighted by Crippen LogP contribution is 3.20. The number of azo groups is 2. The summed E-state index contributed by atoms with van der Waals surface area (Å²) in [6.45, 7) is 0. The highest BCUT2D eigenvalue weighted by Gasteiger charge is 3.23. The summed E-state index contributed by atoms with van der Waals surface area (Å²) < 4.78 is 0. The standard InChI is InChI=1S/C30H24N4/c1-3-7-13(8-4-1)27-21-22-24-26-16-11-15-19-17-12-18(20(16)19)30(26,29(17,27)25(15,26)23(21)31-32-24)28(22,34-33-27)14-9-5-2-6-10-14/h1-10,15-24H,11-12H2/t15?,16?,17?,18?,19-,20+,21-,22-,23-,24+,25?,26?,27+,28-,29?,30?/m1/s1. The minimum atomic E-state index is -0.158. The summed E-state index contributed by atoms with van der Waals surface area (Å²) in [6, 6.07) is 23.9. The maximum Gasteiger partial charge on any atom is 0.119 e. The van der Waals surface area contributed by atoms with Gasteiger partial charge in [-0.05, 0) is 59.5 Å². The van der Waals surface area contributed by atoms with Gasteiger partial charge in [0.15, 0.2) is 0 Å². The summed E-state index contributed by atoms with van der Waals surface area (Å²) in [5.41, 5.74) is 3.93. The van der Waals surface area contributed by atoms with Gasteiger partial charge in [0.05, 0.1) is 12.1 Å². The Morgan fingerprint density at radius 3 is 1.47 bits per heavy atom. The van der Waals surface area contributed by atoms with E-state index in [1.807, 2.05) is 0 Å². The van der Waals surface area contributed by atoms with Gasteiger partial charge in [0, 0.05) is 33.5 Å². The monoisotopic (exact) mass is 440 g/mol. The summed E-state index contributed by atoms with van der Waals surface area (Å²) in [6.07, 6.45) is 2.94. The normalized spacial score (nSPS) is 72.4. The Morgan fingerprint density at radius 2 is 1.00 bits per heavy atom. The number of benzene rings is 2. The van der Waals surface area contributed by atoms with Crippen molar-refractivity contribution in [3.8, 4) is 0 Å². The van der Waals surface area contributed by atoms with Crippen molar-refractivity contribution in [3.63, 3.8) is 0 Å². The molecule has 12 saturated carbocycles. The Labute approximate surface area is 197 Å². The fourth-order valence-electron chi connectivity index (χ4n) is 17.3. The maximum atomic E-state index is 5.69. The van der Waals surface area contributed by atoms with Crippen LogP contribution in [0.4, 0.5) is 0 Å². The molecule has 0 amide bonds. The maximum absolute atomic E-state index is 5.69. The zero-order valence-corrected chi connectivity index (χ0v) is 18.8. The minimum Gasteiger partial charge on any atom is -0.189 e. The Hall–Kier alpha value is -2.36. The van der Waals surface area contributed by atoms with E-state index in [0.29, 0.717) is 34.7 Å². The molecule has 4 nitrogen and oxygen atoms in total. The lowest BCUT2D eigenvalue weighted by atomic mass is 9.21. The zero-order valence-electron chi connectivity index (χ0n) is 18.8. The lowest BCUT2D eigenvalue weighted by molar-refractivity contribution is -0.354.